The van der Waals surface area contributed by atoms with Crippen molar-refractivity contribution < 1.29 is 23.9 Å². The van der Waals surface area contributed by atoms with Crippen molar-refractivity contribution in [2.45, 2.75) is 18.4 Å². The van der Waals surface area contributed by atoms with Gasteiger partial charge in [0.2, 0.25) is 11.8 Å². The Bertz CT molecular complexity index is 1090. The predicted molar refractivity (Wildman–Crippen MR) is 120 cm³/mol. The molecule has 3 amide bonds. The zero-order valence-corrected chi connectivity index (χ0v) is 18.1. The summed E-state index contributed by atoms with van der Waals surface area (Å²) in [5, 5.41) is 5.76. The van der Waals surface area contributed by atoms with Gasteiger partial charge in [-0.3, -0.25) is 14.9 Å². The SMILES string of the molecule is COc1ccc2c(c1)C1(CCN(C(=O)/C=C/C(=O)Nc3ccccc3Cl)CC1)OC(=O)N2. The summed E-state index contributed by atoms with van der Waals surface area (Å²) in [7, 11) is 1.58. The van der Waals surface area contributed by atoms with E-state index in [1.165, 1.54) is 12.2 Å². The average molecular weight is 456 g/mol. The molecule has 0 aromatic heterocycles. The fourth-order valence-electron chi connectivity index (χ4n) is 3.95. The Morgan fingerprint density at radius 3 is 2.66 bits per heavy atom. The maximum absolute atomic E-state index is 12.6. The molecule has 4 rings (SSSR count). The topological polar surface area (TPSA) is 97.0 Å². The lowest BCUT2D eigenvalue weighted by Crippen LogP contribution is -2.49. The molecule has 0 radical (unpaired) electrons. The lowest BCUT2D eigenvalue weighted by molar-refractivity contribution is -0.130. The van der Waals surface area contributed by atoms with E-state index < -0.39 is 17.6 Å². The van der Waals surface area contributed by atoms with Crippen LogP contribution in [0.25, 0.3) is 0 Å². The van der Waals surface area contributed by atoms with Crippen molar-refractivity contribution in [2.24, 2.45) is 0 Å². The van der Waals surface area contributed by atoms with Crippen molar-refractivity contribution >= 4 is 40.9 Å². The summed E-state index contributed by atoms with van der Waals surface area (Å²) < 4.78 is 11.0. The van der Waals surface area contributed by atoms with Crippen LogP contribution >= 0.6 is 11.6 Å². The van der Waals surface area contributed by atoms with Crippen LogP contribution in [0, 0.1) is 0 Å². The van der Waals surface area contributed by atoms with Gasteiger partial charge in [-0.1, -0.05) is 23.7 Å². The lowest BCUT2D eigenvalue weighted by atomic mass is 9.82. The van der Waals surface area contributed by atoms with E-state index in [2.05, 4.69) is 10.6 Å². The molecule has 1 fully saturated rings. The van der Waals surface area contributed by atoms with E-state index in [1.807, 2.05) is 6.07 Å². The number of hydrogen-bond acceptors (Lipinski definition) is 5. The molecule has 1 saturated heterocycles. The van der Waals surface area contributed by atoms with Gasteiger partial charge in [-0.25, -0.2) is 4.79 Å². The molecule has 32 heavy (non-hydrogen) atoms. The molecule has 8 nitrogen and oxygen atoms in total. The molecular weight excluding hydrogens is 434 g/mol. The number of halogens is 1. The minimum atomic E-state index is -0.825. The summed E-state index contributed by atoms with van der Waals surface area (Å²) in [5.74, 6) is -0.0811. The fourth-order valence-corrected chi connectivity index (χ4v) is 4.14. The highest BCUT2D eigenvalue weighted by Crippen LogP contribution is 2.44. The number of ether oxygens (including phenoxy) is 2. The van der Waals surface area contributed by atoms with Gasteiger partial charge in [0.1, 0.15) is 11.4 Å². The first-order valence-corrected chi connectivity index (χ1v) is 10.5. The second kappa shape index (κ2) is 8.92. The van der Waals surface area contributed by atoms with Crippen molar-refractivity contribution in [3.8, 4) is 5.75 Å². The van der Waals surface area contributed by atoms with Crippen LogP contribution in [0.5, 0.6) is 5.75 Å². The van der Waals surface area contributed by atoms with Gasteiger partial charge in [0, 0.05) is 43.6 Å². The molecular formula is C23H22ClN3O5. The lowest BCUT2D eigenvalue weighted by Gasteiger charge is -2.44. The number of carbonyl (C=O) groups excluding carboxylic acids is 3. The van der Waals surface area contributed by atoms with Gasteiger partial charge < -0.3 is 19.7 Å². The van der Waals surface area contributed by atoms with E-state index >= 15 is 0 Å². The number of nitrogens with one attached hydrogen (secondary N) is 2. The number of hydrogen-bond donors (Lipinski definition) is 2. The molecule has 2 aromatic rings. The van der Waals surface area contributed by atoms with E-state index in [0.29, 0.717) is 48.1 Å². The number of fused-ring (bicyclic) bond motifs is 2. The number of benzene rings is 2. The zero-order chi connectivity index (χ0) is 22.7. The van der Waals surface area contributed by atoms with Crippen LogP contribution in [-0.2, 0) is 19.9 Å². The Hall–Kier alpha value is -3.52. The van der Waals surface area contributed by atoms with Crippen LogP contribution in [0.3, 0.4) is 0 Å². The van der Waals surface area contributed by atoms with Gasteiger partial charge in [0.15, 0.2) is 0 Å². The van der Waals surface area contributed by atoms with Crippen LogP contribution in [0.1, 0.15) is 18.4 Å². The normalized spacial score (nSPS) is 16.8. The molecule has 0 atom stereocenters. The van der Waals surface area contributed by atoms with Crippen molar-refractivity contribution in [1.29, 1.82) is 0 Å². The third-order valence-electron chi connectivity index (χ3n) is 5.63. The van der Waals surface area contributed by atoms with Crippen LogP contribution in [0.15, 0.2) is 54.6 Å². The van der Waals surface area contributed by atoms with E-state index in [4.69, 9.17) is 21.1 Å². The van der Waals surface area contributed by atoms with Gasteiger partial charge in [0.25, 0.3) is 0 Å². The number of nitrogens with zero attached hydrogens (tertiary/aromatic N) is 1. The first kappa shape index (κ1) is 21.7. The molecule has 2 N–H and O–H groups in total. The van der Waals surface area contributed by atoms with E-state index in [0.717, 1.165) is 5.56 Å². The van der Waals surface area contributed by atoms with Gasteiger partial charge in [-0.2, -0.15) is 0 Å². The summed E-state index contributed by atoms with van der Waals surface area (Å²) in [6.07, 6.45) is 2.77. The average Bonchev–Trinajstić information content (AvgIpc) is 2.79. The smallest absolute Gasteiger partial charge is 0.412 e. The first-order valence-electron chi connectivity index (χ1n) is 10.1. The Labute approximate surface area is 190 Å². The van der Waals surface area contributed by atoms with Crippen molar-refractivity contribution in [3.05, 3.63) is 65.2 Å². The zero-order valence-electron chi connectivity index (χ0n) is 17.4. The number of methoxy groups -OCH3 is 1. The van der Waals surface area contributed by atoms with E-state index in [1.54, 1.807) is 48.4 Å². The third-order valence-corrected chi connectivity index (χ3v) is 5.96. The maximum Gasteiger partial charge on any atom is 0.412 e. The molecule has 2 aliphatic rings. The monoisotopic (exact) mass is 455 g/mol. The summed E-state index contributed by atoms with van der Waals surface area (Å²) >= 11 is 6.03. The van der Waals surface area contributed by atoms with Crippen LogP contribution in [-0.4, -0.2) is 43.0 Å². The highest BCUT2D eigenvalue weighted by Gasteiger charge is 2.45. The number of likely N-dealkylation sites (tertiary alicyclic amines) is 1. The molecule has 0 unspecified atom stereocenters. The highest BCUT2D eigenvalue weighted by molar-refractivity contribution is 6.33. The van der Waals surface area contributed by atoms with Gasteiger partial charge in [-0.05, 0) is 30.3 Å². The quantitative estimate of drug-likeness (QED) is 0.681. The number of amides is 3. The summed E-state index contributed by atoms with van der Waals surface area (Å²) in [6.45, 7) is 0.748. The second-order valence-electron chi connectivity index (χ2n) is 7.55. The van der Waals surface area contributed by atoms with Gasteiger partial charge >= 0.3 is 6.09 Å². The standard InChI is InChI=1S/C23H22ClN3O5/c1-31-15-6-7-18-16(14-15)23(32-22(30)26-18)10-12-27(13-11-23)21(29)9-8-20(28)25-19-5-3-2-4-17(19)24/h2-9,14H,10-13H2,1H3,(H,25,28)(H,26,30)/b9-8+. The molecule has 9 heteroatoms. The Morgan fingerprint density at radius 1 is 1.19 bits per heavy atom. The first-order chi connectivity index (χ1) is 15.4. The number of carbonyl (C=O) groups is 3. The van der Waals surface area contributed by atoms with Crippen molar-refractivity contribution in [3.63, 3.8) is 0 Å². The van der Waals surface area contributed by atoms with E-state index in [-0.39, 0.29) is 5.91 Å². The van der Waals surface area contributed by atoms with Gasteiger partial charge in [0.05, 0.1) is 23.5 Å². The minimum absolute atomic E-state index is 0.291. The second-order valence-corrected chi connectivity index (χ2v) is 7.96. The molecule has 0 bridgehead atoms. The number of piperidine rings is 1. The van der Waals surface area contributed by atoms with Crippen molar-refractivity contribution in [1.82, 2.24) is 4.90 Å². The van der Waals surface area contributed by atoms with Crippen LogP contribution < -0.4 is 15.4 Å². The Morgan fingerprint density at radius 2 is 1.94 bits per heavy atom. The highest BCUT2D eigenvalue weighted by atomic mass is 35.5. The summed E-state index contributed by atoms with van der Waals surface area (Å²) in [6, 6.07) is 12.3. The largest absolute Gasteiger partial charge is 0.497 e. The van der Waals surface area contributed by atoms with E-state index in [9.17, 15) is 14.4 Å². The molecule has 0 saturated carbocycles. The summed E-state index contributed by atoms with van der Waals surface area (Å²) in [4.78, 5) is 38.5. The number of anilines is 2. The molecule has 2 heterocycles. The van der Waals surface area contributed by atoms with Gasteiger partial charge in [-0.15, -0.1) is 0 Å². The van der Waals surface area contributed by atoms with Crippen LogP contribution in [0.4, 0.5) is 16.2 Å². The Balaban J connectivity index is 1.41. The maximum atomic E-state index is 12.6. The minimum Gasteiger partial charge on any atom is -0.497 e. The predicted octanol–water partition coefficient (Wildman–Crippen LogP) is 3.92. The van der Waals surface area contributed by atoms with Crippen molar-refractivity contribution in [2.75, 3.05) is 30.8 Å². The fraction of sp³-hybridized carbons (Fsp3) is 0.261. The third kappa shape index (κ3) is 4.40. The molecule has 166 valence electrons. The van der Waals surface area contributed by atoms with Crippen LogP contribution in [0.2, 0.25) is 5.02 Å². The number of para-hydroxylation sites is 1. The molecule has 2 aromatic carbocycles. The number of rotatable bonds is 4. The Kier molecular flexibility index (Phi) is 6.05. The molecule has 0 aliphatic carbocycles. The molecule has 2 aliphatic heterocycles. The summed E-state index contributed by atoms with van der Waals surface area (Å²) in [5.41, 5.74) is 1.16. The molecule has 1 spiro atoms.